The van der Waals surface area contributed by atoms with E-state index in [4.69, 9.17) is 4.74 Å². The van der Waals surface area contributed by atoms with E-state index in [9.17, 15) is 5.11 Å². The standard InChI is InChI=1S/C28H48O2/c1-17(2)18(3)7-8-19(4)22-9-10-23-21-15-25-28(30-25)16-20(29)11-14-27(28,6)24(21)12-13-26(22,23)5/h17-25,29H,7-16H2,1-6H3/t18-,19-,20+,21+,22-,23+,24+,25?,26-,27-,28?/m1/s1. The fourth-order valence-corrected chi connectivity index (χ4v) is 9.69. The van der Waals surface area contributed by atoms with Gasteiger partial charge in [0.2, 0.25) is 0 Å². The molecule has 5 rings (SSSR count). The summed E-state index contributed by atoms with van der Waals surface area (Å²) in [4.78, 5) is 0. The van der Waals surface area contributed by atoms with Crippen molar-refractivity contribution < 1.29 is 9.84 Å². The first-order chi connectivity index (χ1) is 14.1. The molecule has 2 heteroatoms. The van der Waals surface area contributed by atoms with Gasteiger partial charge >= 0.3 is 0 Å². The van der Waals surface area contributed by atoms with Gasteiger partial charge in [-0.3, -0.25) is 0 Å². The van der Waals surface area contributed by atoms with Crippen LogP contribution in [0, 0.1) is 52.3 Å². The van der Waals surface area contributed by atoms with Gasteiger partial charge in [0, 0.05) is 11.8 Å². The van der Waals surface area contributed by atoms with Gasteiger partial charge in [-0.15, -0.1) is 0 Å². The van der Waals surface area contributed by atoms with Crippen LogP contribution < -0.4 is 0 Å². The molecule has 30 heavy (non-hydrogen) atoms. The van der Waals surface area contributed by atoms with Gasteiger partial charge < -0.3 is 9.84 Å². The van der Waals surface area contributed by atoms with Gasteiger partial charge in [0.15, 0.2) is 0 Å². The van der Waals surface area contributed by atoms with Crippen LogP contribution in [-0.2, 0) is 4.74 Å². The monoisotopic (exact) mass is 416 g/mol. The zero-order chi connectivity index (χ0) is 21.5. The van der Waals surface area contributed by atoms with Crippen LogP contribution in [0.2, 0.25) is 0 Å². The molecule has 2 nitrogen and oxygen atoms in total. The SMILES string of the molecule is CC(C)[C@H](C)CC[C@@H](C)[C@H]1CC[C@H]2[C@@H]3CC4OC45C[C@@H](O)CC[C@]5(C)[C@H]3CC[C@]12C. The lowest BCUT2D eigenvalue weighted by Crippen LogP contribution is -2.58. The Balaban J connectivity index is 1.32. The molecule has 0 bridgehead atoms. The van der Waals surface area contributed by atoms with E-state index in [2.05, 4.69) is 41.5 Å². The quantitative estimate of drug-likeness (QED) is 0.497. The Morgan fingerprint density at radius 3 is 2.43 bits per heavy atom. The third kappa shape index (κ3) is 2.94. The van der Waals surface area contributed by atoms with Crippen LogP contribution in [0.1, 0.15) is 106 Å². The Hall–Kier alpha value is -0.0800. The van der Waals surface area contributed by atoms with Crippen molar-refractivity contribution in [3.05, 3.63) is 0 Å². The Morgan fingerprint density at radius 2 is 1.70 bits per heavy atom. The molecule has 2 unspecified atom stereocenters. The molecule has 5 fully saturated rings. The van der Waals surface area contributed by atoms with Crippen molar-refractivity contribution >= 4 is 0 Å². The summed E-state index contributed by atoms with van der Waals surface area (Å²) in [6, 6.07) is 0. The molecule has 5 aliphatic rings. The third-order valence-corrected chi connectivity index (χ3v) is 12.0. The molecule has 1 N–H and O–H groups in total. The molecule has 1 heterocycles. The van der Waals surface area contributed by atoms with Gasteiger partial charge in [-0.25, -0.2) is 0 Å². The van der Waals surface area contributed by atoms with Gasteiger partial charge in [-0.1, -0.05) is 54.4 Å². The summed E-state index contributed by atoms with van der Waals surface area (Å²) in [5.41, 5.74) is 0.913. The van der Waals surface area contributed by atoms with Gasteiger partial charge in [0.1, 0.15) is 5.60 Å². The highest BCUT2D eigenvalue weighted by Crippen LogP contribution is 2.74. The third-order valence-electron chi connectivity index (χ3n) is 12.0. The molecular weight excluding hydrogens is 368 g/mol. The highest BCUT2D eigenvalue weighted by atomic mass is 16.6. The van der Waals surface area contributed by atoms with E-state index in [-0.39, 0.29) is 11.7 Å². The van der Waals surface area contributed by atoms with Crippen molar-refractivity contribution in [2.24, 2.45) is 52.3 Å². The minimum absolute atomic E-state index is 0.0395. The van der Waals surface area contributed by atoms with Gasteiger partial charge in [-0.2, -0.15) is 0 Å². The number of hydrogen-bond donors (Lipinski definition) is 1. The second kappa shape index (κ2) is 7.21. The molecule has 1 aliphatic heterocycles. The first kappa shape index (κ1) is 21.7. The maximum Gasteiger partial charge on any atom is 0.103 e. The molecule has 0 aromatic rings. The van der Waals surface area contributed by atoms with Crippen molar-refractivity contribution in [2.75, 3.05) is 0 Å². The minimum Gasteiger partial charge on any atom is -0.393 e. The molecule has 1 saturated heterocycles. The van der Waals surface area contributed by atoms with Gasteiger partial charge in [-0.05, 0) is 91.8 Å². The van der Waals surface area contributed by atoms with Crippen LogP contribution in [0.15, 0.2) is 0 Å². The topological polar surface area (TPSA) is 32.8 Å². The summed E-state index contributed by atoms with van der Waals surface area (Å²) >= 11 is 0. The van der Waals surface area contributed by atoms with Crippen LogP contribution in [0.25, 0.3) is 0 Å². The minimum atomic E-state index is -0.126. The molecule has 0 radical (unpaired) electrons. The van der Waals surface area contributed by atoms with E-state index in [1.807, 2.05) is 0 Å². The second-order valence-electron chi connectivity index (χ2n) is 13.4. The lowest BCUT2D eigenvalue weighted by Gasteiger charge is -2.59. The van der Waals surface area contributed by atoms with Gasteiger partial charge in [0.05, 0.1) is 12.2 Å². The van der Waals surface area contributed by atoms with Crippen molar-refractivity contribution in [2.45, 2.75) is 124 Å². The van der Waals surface area contributed by atoms with E-state index >= 15 is 0 Å². The predicted molar refractivity (Wildman–Crippen MR) is 123 cm³/mol. The molecule has 11 atom stereocenters. The first-order valence-electron chi connectivity index (χ1n) is 13.5. The predicted octanol–water partition coefficient (Wildman–Crippen LogP) is 6.85. The summed E-state index contributed by atoms with van der Waals surface area (Å²) in [6.45, 7) is 15.1. The van der Waals surface area contributed by atoms with Crippen LogP contribution in [0.3, 0.4) is 0 Å². The van der Waals surface area contributed by atoms with E-state index in [0.717, 1.165) is 54.3 Å². The number of ether oxygens (including phenoxy) is 1. The van der Waals surface area contributed by atoms with E-state index in [1.54, 1.807) is 0 Å². The van der Waals surface area contributed by atoms with E-state index < -0.39 is 0 Å². The lowest BCUT2D eigenvalue weighted by molar-refractivity contribution is -0.116. The number of aliphatic hydroxyl groups is 1. The van der Waals surface area contributed by atoms with Crippen molar-refractivity contribution in [1.82, 2.24) is 0 Å². The zero-order valence-electron chi connectivity index (χ0n) is 20.6. The fourth-order valence-electron chi connectivity index (χ4n) is 9.69. The van der Waals surface area contributed by atoms with E-state index in [0.29, 0.717) is 16.9 Å². The molecule has 0 aromatic carbocycles. The Kier molecular flexibility index (Phi) is 5.23. The van der Waals surface area contributed by atoms with E-state index in [1.165, 1.54) is 51.4 Å². The number of epoxide rings is 1. The number of hydrogen-bond acceptors (Lipinski definition) is 2. The highest BCUT2D eigenvalue weighted by molar-refractivity contribution is 5.24. The molecule has 1 spiro atoms. The molecule has 4 aliphatic carbocycles. The molecule has 172 valence electrons. The maximum atomic E-state index is 10.4. The summed E-state index contributed by atoms with van der Waals surface area (Å²) in [5.74, 6) is 6.09. The van der Waals surface area contributed by atoms with Crippen molar-refractivity contribution in [3.8, 4) is 0 Å². The number of rotatable bonds is 5. The van der Waals surface area contributed by atoms with Crippen LogP contribution in [-0.4, -0.2) is 22.9 Å². The van der Waals surface area contributed by atoms with Crippen LogP contribution in [0.5, 0.6) is 0 Å². The number of fused-ring (bicyclic) bond motifs is 4. The largest absolute Gasteiger partial charge is 0.393 e. The molecular formula is C28H48O2. The summed E-state index contributed by atoms with van der Waals surface area (Å²) in [6.07, 6.45) is 13.3. The second-order valence-corrected chi connectivity index (χ2v) is 13.4. The Bertz CT molecular complexity index is 659. The normalized spacial score (nSPS) is 54.0. The fraction of sp³-hybridized carbons (Fsp3) is 1.00. The summed E-state index contributed by atoms with van der Waals surface area (Å²) < 4.78 is 6.52. The van der Waals surface area contributed by atoms with Crippen LogP contribution in [0.4, 0.5) is 0 Å². The average Bonchev–Trinajstić information content (AvgIpc) is 3.27. The van der Waals surface area contributed by atoms with Crippen molar-refractivity contribution in [1.29, 1.82) is 0 Å². The molecule has 4 saturated carbocycles. The summed E-state index contributed by atoms with van der Waals surface area (Å²) in [5, 5.41) is 10.4. The number of aliphatic hydroxyl groups excluding tert-OH is 1. The maximum absolute atomic E-state index is 10.4. The molecule has 0 amide bonds. The van der Waals surface area contributed by atoms with Crippen LogP contribution >= 0.6 is 0 Å². The molecule has 0 aromatic heterocycles. The first-order valence-corrected chi connectivity index (χ1v) is 13.5. The lowest BCUT2D eigenvalue weighted by atomic mass is 9.44. The van der Waals surface area contributed by atoms with Crippen molar-refractivity contribution in [3.63, 3.8) is 0 Å². The highest BCUT2D eigenvalue weighted by Gasteiger charge is 2.76. The summed E-state index contributed by atoms with van der Waals surface area (Å²) in [7, 11) is 0. The van der Waals surface area contributed by atoms with Gasteiger partial charge in [0.25, 0.3) is 0 Å². The average molecular weight is 417 g/mol. The Morgan fingerprint density at radius 1 is 0.933 bits per heavy atom. The zero-order valence-corrected chi connectivity index (χ0v) is 20.6. The Labute approximate surface area is 185 Å². The smallest absolute Gasteiger partial charge is 0.103 e.